The number of pyridine rings is 1. The molecule has 0 radical (unpaired) electrons. The van der Waals surface area contributed by atoms with E-state index in [2.05, 4.69) is 10.3 Å². The standard InChI is InChI=1S/C13H14ClF3N2O2/c14-9-5-8(13(15,16)17)6-18-10(9)19-7-12(11(20)21)3-1-2-4-12/h5-6H,1-4,7H2,(H,18,19)(H,20,21). The third-order valence-corrected chi connectivity index (χ3v) is 4.07. The molecule has 4 nitrogen and oxygen atoms in total. The quantitative estimate of drug-likeness (QED) is 0.885. The molecule has 1 saturated carbocycles. The molecule has 0 aliphatic heterocycles. The fourth-order valence-electron chi connectivity index (χ4n) is 2.49. The van der Waals surface area contributed by atoms with Gasteiger partial charge < -0.3 is 10.4 Å². The van der Waals surface area contributed by atoms with E-state index in [9.17, 15) is 23.1 Å². The first kappa shape index (κ1) is 15.9. The molecule has 1 aliphatic carbocycles. The minimum atomic E-state index is -4.51. The van der Waals surface area contributed by atoms with E-state index in [1.807, 2.05) is 0 Å². The summed E-state index contributed by atoms with van der Waals surface area (Å²) in [5.41, 5.74) is -1.83. The zero-order valence-corrected chi connectivity index (χ0v) is 11.8. The van der Waals surface area contributed by atoms with Gasteiger partial charge in [-0.1, -0.05) is 24.4 Å². The van der Waals surface area contributed by atoms with Gasteiger partial charge in [-0.3, -0.25) is 4.79 Å². The lowest BCUT2D eigenvalue weighted by Gasteiger charge is -2.24. The lowest BCUT2D eigenvalue weighted by molar-refractivity contribution is -0.147. The number of alkyl halides is 3. The van der Waals surface area contributed by atoms with Crippen molar-refractivity contribution < 1.29 is 23.1 Å². The molecule has 1 heterocycles. The first-order chi connectivity index (χ1) is 9.74. The summed E-state index contributed by atoms with van der Waals surface area (Å²) in [5, 5.41) is 11.9. The van der Waals surface area contributed by atoms with Gasteiger partial charge in [-0.2, -0.15) is 13.2 Å². The van der Waals surface area contributed by atoms with E-state index in [4.69, 9.17) is 11.6 Å². The van der Waals surface area contributed by atoms with Gasteiger partial charge in [0.2, 0.25) is 0 Å². The Balaban J connectivity index is 2.12. The van der Waals surface area contributed by atoms with Crippen LogP contribution in [0.3, 0.4) is 0 Å². The molecule has 0 atom stereocenters. The minimum absolute atomic E-state index is 0.0668. The zero-order valence-electron chi connectivity index (χ0n) is 11.0. The summed E-state index contributed by atoms with van der Waals surface area (Å²) in [6.07, 6.45) is -1.12. The van der Waals surface area contributed by atoms with Crippen LogP contribution in [0.15, 0.2) is 12.3 Å². The molecule has 0 saturated heterocycles. The van der Waals surface area contributed by atoms with Gasteiger partial charge in [0.25, 0.3) is 0 Å². The van der Waals surface area contributed by atoms with Crippen LogP contribution in [0.1, 0.15) is 31.2 Å². The van der Waals surface area contributed by atoms with Crippen LogP contribution in [0.5, 0.6) is 0 Å². The summed E-state index contributed by atoms with van der Waals surface area (Å²) in [4.78, 5) is 15.0. The number of rotatable bonds is 4. The molecule has 0 spiro atoms. The second-order valence-electron chi connectivity index (χ2n) is 5.20. The Hall–Kier alpha value is -1.50. The third kappa shape index (κ3) is 3.40. The summed E-state index contributed by atoms with van der Waals surface area (Å²) in [5.74, 6) is -0.840. The van der Waals surface area contributed by atoms with Crippen molar-refractivity contribution in [3.05, 3.63) is 22.8 Å². The Morgan fingerprint density at radius 2 is 2.05 bits per heavy atom. The second kappa shape index (κ2) is 5.71. The predicted molar refractivity (Wildman–Crippen MR) is 71.3 cm³/mol. The molecular weight excluding hydrogens is 309 g/mol. The van der Waals surface area contributed by atoms with E-state index in [1.165, 1.54) is 0 Å². The molecule has 0 unspecified atom stereocenters. The highest BCUT2D eigenvalue weighted by Crippen LogP contribution is 2.39. The van der Waals surface area contributed by atoms with Crippen LogP contribution in [0.2, 0.25) is 5.02 Å². The SMILES string of the molecule is O=C(O)C1(CNc2ncc(C(F)(F)F)cc2Cl)CCCC1. The van der Waals surface area contributed by atoms with E-state index < -0.39 is 23.1 Å². The minimum Gasteiger partial charge on any atom is -0.481 e. The van der Waals surface area contributed by atoms with E-state index in [-0.39, 0.29) is 17.4 Å². The molecule has 0 aromatic carbocycles. The lowest BCUT2D eigenvalue weighted by atomic mass is 9.86. The largest absolute Gasteiger partial charge is 0.481 e. The number of nitrogens with one attached hydrogen (secondary N) is 1. The number of nitrogens with zero attached hydrogens (tertiary/aromatic N) is 1. The van der Waals surface area contributed by atoms with Gasteiger partial charge in [-0.15, -0.1) is 0 Å². The fourth-order valence-corrected chi connectivity index (χ4v) is 2.73. The fraction of sp³-hybridized carbons (Fsp3) is 0.538. The first-order valence-electron chi connectivity index (χ1n) is 6.45. The molecule has 2 N–H and O–H groups in total. The maximum atomic E-state index is 12.5. The normalized spacial score (nSPS) is 17.7. The molecule has 2 rings (SSSR count). The molecule has 0 bridgehead atoms. The van der Waals surface area contributed by atoms with Crippen molar-refractivity contribution in [3.8, 4) is 0 Å². The zero-order chi connectivity index (χ0) is 15.7. The number of hydrogen-bond donors (Lipinski definition) is 2. The Bertz CT molecular complexity index is 543. The first-order valence-corrected chi connectivity index (χ1v) is 6.82. The van der Waals surface area contributed by atoms with Gasteiger partial charge >= 0.3 is 12.1 Å². The Kier molecular flexibility index (Phi) is 4.32. The van der Waals surface area contributed by atoms with Crippen molar-refractivity contribution in [1.29, 1.82) is 0 Å². The second-order valence-corrected chi connectivity index (χ2v) is 5.61. The molecule has 116 valence electrons. The van der Waals surface area contributed by atoms with Crippen LogP contribution in [-0.2, 0) is 11.0 Å². The molecule has 21 heavy (non-hydrogen) atoms. The number of aliphatic carboxylic acids is 1. The van der Waals surface area contributed by atoms with E-state index in [1.54, 1.807) is 0 Å². The average molecular weight is 323 g/mol. The van der Waals surface area contributed by atoms with E-state index in [0.29, 0.717) is 19.0 Å². The molecular formula is C13H14ClF3N2O2. The Morgan fingerprint density at radius 3 is 2.52 bits per heavy atom. The maximum Gasteiger partial charge on any atom is 0.417 e. The van der Waals surface area contributed by atoms with E-state index >= 15 is 0 Å². The lowest BCUT2D eigenvalue weighted by Crippen LogP contribution is -2.35. The van der Waals surface area contributed by atoms with Gasteiger partial charge in [0.15, 0.2) is 0 Å². The van der Waals surface area contributed by atoms with Crippen molar-refractivity contribution in [2.24, 2.45) is 5.41 Å². The summed E-state index contributed by atoms with van der Waals surface area (Å²) in [6, 6.07) is 0.777. The van der Waals surface area contributed by atoms with Gasteiger partial charge in [0.05, 0.1) is 16.0 Å². The maximum absolute atomic E-state index is 12.5. The van der Waals surface area contributed by atoms with Crippen molar-refractivity contribution in [2.75, 3.05) is 11.9 Å². The van der Waals surface area contributed by atoms with Crippen LogP contribution >= 0.6 is 11.6 Å². The molecule has 1 aromatic heterocycles. The van der Waals surface area contributed by atoms with Crippen molar-refractivity contribution in [1.82, 2.24) is 4.98 Å². The molecule has 8 heteroatoms. The number of hydrogen-bond acceptors (Lipinski definition) is 3. The van der Waals surface area contributed by atoms with E-state index in [0.717, 1.165) is 18.9 Å². The number of aromatic nitrogens is 1. The Labute approximate surface area is 124 Å². The molecule has 1 fully saturated rings. The summed E-state index contributed by atoms with van der Waals surface area (Å²) < 4.78 is 37.5. The molecule has 0 amide bonds. The van der Waals surface area contributed by atoms with Crippen LogP contribution < -0.4 is 5.32 Å². The number of carboxylic acid groups (broad SMARTS) is 1. The highest BCUT2D eigenvalue weighted by atomic mass is 35.5. The summed E-state index contributed by atoms with van der Waals surface area (Å²) in [7, 11) is 0. The van der Waals surface area contributed by atoms with Gasteiger partial charge in [-0.25, -0.2) is 4.98 Å². The highest BCUT2D eigenvalue weighted by molar-refractivity contribution is 6.32. The van der Waals surface area contributed by atoms with Crippen LogP contribution in [0.25, 0.3) is 0 Å². The smallest absolute Gasteiger partial charge is 0.417 e. The van der Waals surface area contributed by atoms with Crippen LogP contribution in [0.4, 0.5) is 19.0 Å². The Morgan fingerprint density at radius 1 is 1.43 bits per heavy atom. The van der Waals surface area contributed by atoms with Crippen LogP contribution in [-0.4, -0.2) is 22.6 Å². The number of carboxylic acids is 1. The van der Waals surface area contributed by atoms with Gasteiger partial charge in [0, 0.05) is 12.7 Å². The van der Waals surface area contributed by atoms with Crippen molar-refractivity contribution in [3.63, 3.8) is 0 Å². The van der Waals surface area contributed by atoms with Gasteiger partial charge in [-0.05, 0) is 18.9 Å². The van der Waals surface area contributed by atoms with Crippen molar-refractivity contribution >= 4 is 23.4 Å². The average Bonchev–Trinajstić information content (AvgIpc) is 2.86. The van der Waals surface area contributed by atoms with Gasteiger partial charge in [0.1, 0.15) is 5.82 Å². The highest BCUT2D eigenvalue weighted by Gasteiger charge is 2.41. The van der Waals surface area contributed by atoms with Crippen molar-refractivity contribution in [2.45, 2.75) is 31.9 Å². The number of anilines is 1. The number of halogens is 4. The molecule has 1 aliphatic rings. The molecule has 1 aromatic rings. The third-order valence-electron chi connectivity index (χ3n) is 3.78. The summed E-state index contributed by atoms with van der Waals surface area (Å²) in [6.45, 7) is 0.0976. The predicted octanol–water partition coefficient (Wildman–Crippen LogP) is 3.81. The number of carbonyl (C=O) groups is 1. The van der Waals surface area contributed by atoms with Crippen LogP contribution in [0, 0.1) is 5.41 Å². The monoisotopic (exact) mass is 322 g/mol. The topological polar surface area (TPSA) is 62.2 Å². The summed E-state index contributed by atoms with van der Waals surface area (Å²) >= 11 is 5.77.